The number of carbonyl (C=O) groups excluding carboxylic acids is 1. The van der Waals surface area contributed by atoms with Crippen molar-refractivity contribution in [3.63, 3.8) is 0 Å². The Labute approximate surface area is 197 Å². The molecule has 0 spiro atoms. The van der Waals surface area contributed by atoms with Crippen LogP contribution in [-0.4, -0.2) is 26.3 Å². The SMILES string of the molecule is COC(=O)COc1ccc(OC/C=C(\C#Cc2ccccc2)c2ccc(Br)cc2)cc1C. The van der Waals surface area contributed by atoms with Crippen molar-refractivity contribution in [1.82, 2.24) is 0 Å². The summed E-state index contributed by atoms with van der Waals surface area (Å²) in [6.07, 6.45) is 1.97. The number of hydrogen-bond donors (Lipinski definition) is 0. The summed E-state index contributed by atoms with van der Waals surface area (Å²) < 4.78 is 17.0. The van der Waals surface area contributed by atoms with Gasteiger partial charge in [-0.2, -0.15) is 0 Å². The summed E-state index contributed by atoms with van der Waals surface area (Å²) in [5.41, 5.74) is 3.72. The molecule has 0 atom stereocenters. The van der Waals surface area contributed by atoms with Gasteiger partial charge in [-0.3, -0.25) is 0 Å². The minimum absolute atomic E-state index is 0.128. The number of hydrogen-bond acceptors (Lipinski definition) is 4. The zero-order valence-electron chi connectivity index (χ0n) is 17.9. The van der Waals surface area contributed by atoms with E-state index in [9.17, 15) is 4.79 Å². The maximum absolute atomic E-state index is 11.3. The molecular weight excluding hydrogens is 468 g/mol. The number of allylic oxidation sites excluding steroid dienone is 1. The molecule has 0 saturated carbocycles. The van der Waals surface area contributed by atoms with Gasteiger partial charge < -0.3 is 14.2 Å². The molecule has 162 valence electrons. The average molecular weight is 491 g/mol. The standard InChI is InChI=1S/C27H23BrO4/c1-20-18-25(14-15-26(20)32-19-27(29)30-2)31-17-16-23(22-10-12-24(28)13-11-22)9-8-21-6-4-3-5-7-21/h3-7,10-16,18H,17,19H2,1-2H3/b23-16+. The summed E-state index contributed by atoms with van der Waals surface area (Å²) in [7, 11) is 1.33. The molecule has 0 N–H and O–H groups in total. The molecule has 0 heterocycles. The number of halogens is 1. The Morgan fingerprint density at radius 3 is 2.44 bits per heavy atom. The summed E-state index contributed by atoms with van der Waals surface area (Å²) in [6.45, 7) is 2.13. The summed E-state index contributed by atoms with van der Waals surface area (Å²) in [6, 6.07) is 23.4. The molecule has 0 fully saturated rings. The Hall–Kier alpha value is -3.49. The molecule has 5 heteroatoms. The molecule has 0 amide bonds. The normalized spacial score (nSPS) is 10.7. The highest BCUT2D eigenvalue weighted by Gasteiger charge is 2.06. The number of ether oxygens (including phenoxy) is 3. The van der Waals surface area contributed by atoms with Crippen LogP contribution in [0.4, 0.5) is 0 Å². The van der Waals surface area contributed by atoms with Crippen molar-refractivity contribution < 1.29 is 19.0 Å². The molecule has 3 aromatic rings. The van der Waals surface area contributed by atoms with E-state index >= 15 is 0 Å². The minimum atomic E-state index is -0.424. The summed E-state index contributed by atoms with van der Waals surface area (Å²) in [5, 5.41) is 0. The Morgan fingerprint density at radius 2 is 1.75 bits per heavy atom. The van der Waals surface area contributed by atoms with E-state index in [1.54, 1.807) is 6.07 Å². The largest absolute Gasteiger partial charge is 0.489 e. The smallest absolute Gasteiger partial charge is 0.343 e. The fourth-order valence-electron chi connectivity index (χ4n) is 2.82. The van der Waals surface area contributed by atoms with E-state index in [1.807, 2.05) is 79.7 Å². The molecule has 0 saturated heterocycles. The van der Waals surface area contributed by atoms with E-state index in [4.69, 9.17) is 9.47 Å². The van der Waals surface area contributed by atoms with Crippen molar-refractivity contribution in [2.45, 2.75) is 6.92 Å². The monoisotopic (exact) mass is 490 g/mol. The topological polar surface area (TPSA) is 44.8 Å². The molecule has 4 nitrogen and oxygen atoms in total. The molecule has 0 aromatic heterocycles. The van der Waals surface area contributed by atoms with Crippen LogP contribution in [0.15, 0.2) is 83.3 Å². The highest BCUT2D eigenvalue weighted by atomic mass is 79.9. The van der Waals surface area contributed by atoms with Crippen molar-refractivity contribution in [3.8, 4) is 23.3 Å². The van der Waals surface area contributed by atoms with Crippen LogP contribution in [0.25, 0.3) is 5.57 Å². The second-order valence-corrected chi connectivity index (χ2v) is 7.76. The lowest BCUT2D eigenvalue weighted by Gasteiger charge is -2.10. The Morgan fingerprint density at radius 1 is 1.00 bits per heavy atom. The fourth-order valence-corrected chi connectivity index (χ4v) is 3.09. The molecular formula is C27H23BrO4. The second kappa shape index (κ2) is 11.8. The molecule has 3 aromatic carbocycles. The first kappa shape index (κ1) is 23.2. The zero-order chi connectivity index (χ0) is 22.8. The predicted molar refractivity (Wildman–Crippen MR) is 130 cm³/mol. The van der Waals surface area contributed by atoms with Gasteiger partial charge in [-0.05, 0) is 66.6 Å². The van der Waals surface area contributed by atoms with Gasteiger partial charge in [0, 0.05) is 15.6 Å². The van der Waals surface area contributed by atoms with Crippen LogP contribution >= 0.6 is 15.9 Å². The maximum Gasteiger partial charge on any atom is 0.343 e. The number of methoxy groups -OCH3 is 1. The molecule has 0 aliphatic rings. The third-order valence-corrected chi connectivity index (χ3v) is 5.06. The van der Waals surface area contributed by atoms with Crippen molar-refractivity contribution in [1.29, 1.82) is 0 Å². The van der Waals surface area contributed by atoms with Gasteiger partial charge in [0.1, 0.15) is 18.1 Å². The lowest BCUT2D eigenvalue weighted by Crippen LogP contribution is -2.13. The molecule has 0 unspecified atom stereocenters. The number of rotatable bonds is 7. The summed E-state index contributed by atoms with van der Waals surface area (Å²) in [5.74, 6) is 7.37. The van der Waals surface area contributed by atoms with Gasteiger partial charge in [0.15, 0.2) is 6.61 Å². The molecule has 0 bridgehead atoms. The number of carbonyl (C=O) groups is 1. The first-order chi connectivity index (χ1) is 15.5. The van der Waals surface area contributed by atoms with Crippen LogP contribution in [0, 0.1) is 18.8 Å². The van der Waals surface area contributed by atoms with Gasteiger partial charge in [-0.1, -0.05) is 58.1 Å². The van der Waals surface area contributed by atoms with E-state index in [2.05, 4.69) is 32.5 Å². The van der Waals surface area contributed by atoms with Crippen LogP contribution in [0.2, 0.25) is 0 Å². The Bertz CT molecular complexity index is 1140. The van der Waals surface area contributed by atoms with E-state index in [0.717, 1.165) is 26.7 Å². The number of aryl methyl sites for hydroxylation is 1. The first-order valence-electron chi connectivity index (χ1n) is 10.0. The number of benzene rings is 3. The van der Waals surface area contributed by atoms with Gasteiger partial charge in [-0.15, -0.1) is 0 Å². The Kier molecular flexibility index (Phi) is 8.53. The van der Waals surface area contributed by atoms with Crippen LogP contribution in [0.3, 0.4) is 0 Å². The lowest BCUT2D eigenvalue weighted by molar-refractivity contribution is -0.142. The third-order valence-electron chi connectivity index (χ3n) is 4.53. The summed E-state index contributed by atoms with van der Waals surface area (Å²) in [4.78, 5) is 11.3. The summed E-state index contributed by atoms with van der Waals surface area (Å²) >= 11 is 3.47. The molecule has 3 rings (SSSR count). The van der Waals surface area contributed by atoms with E-state index in [0.29, 0.717) is 18.1 Å². The second-order valence-electron chi connectivity index (χ2n) is 6.84. The van der Waals surface area contributed by atoms with E-state index in [-0.39, 0.29) is 6.61 Å². The molecule has 32 heavy (non-hydrogen) atoms. The van der Waals surface area contributed by atoms with Crippen molar-refractivity contribution in [3.05, 3.63) is 100 Å². The van der Waals surface area contributed by atoms with Gasteiger partial charge in [0.2, 0.25) is 0 Å². The predicted octanol–water partition coefficient (Wildman–Crippen LogP) is 5.82. The highest BCUT2D eigenvalue weighted by molar-refractivity contribution is 9.10. The first-order valence-corrected chi connectivity index (χ1v) is 10.8. The van der Waals surface area contributed by atoms with Gasteiger partial charge in [-0.25, -0.2) is 4.79 Å². The highest BCUT2D eigenvalue weighted by Crippen LogP contribution is 2.24. The van der Waals surface area contributed by atoms with Crippen LogP contribution in [0.1, 0.15) is 16.7 Å². The fraction of sp³-hybridized carbons (Fsp3) is 0.148. The maximum atomic E-state index is 11.3. The average Bonchev–Trinajstić information content (AvgIpc) is 2.81. The van der Waals surface area contributed by atoms with Crippen molar-refractivity contribution in [2.75, 3.05) is 20.3 Å². The lowest BCUT2D eigenvalue weighted by atomic mass is 10.1. The van der Waals surface area contributed by atoms with E-state index in [1.165, 1.54) is 7.11 Å². The molecule has 0 radical (unpaired) electrons. The number of esters is 1. The third kappa shape index (κ3) is 7.04. The van der Waals surface area contributed by atoms with Gasteiger partial charge >= 0.3 is 5.97 Å². The Balaban J connectivity index is 1.73. The van der Waals surface area contributed by atoms with Crippen molar-refractivity contribution >= 4 is 27.5 Å². The van der Waals surface area contributed by atoms with Crippen LogP contribution < -0.4 is 9.47 Å². The van der Waals surface area contributed by atoms with Crippen molar-refractivity contribution in [2.24, 2.45) is 0 Å². The van der Waals surface area contributed by atoms with Crippen LogP contribution in [0.5, 0.6) is 11.5 Å². The zero-order valence-corrected chi connectivity index (χ0v) is 19.5. The quantitative estimate of drug-likeness (QED) is 0.309. The van der Waals surface area contributed by atoms with Gasteiger partial charge in [0.25, 0.3) is 0 Å². The van der Waals surface area contributed by atoms with Gasteiger partial charge in [0.05, 0.1) is 7.11 Å². The minimum Gasteiger partial charge on any atom is -0.489 e. The van der Waals surface area contributed by atoms with E-state index < -0.39 is 5.97 Å². The van der Waals surface area contributed by atoms with Crippen LogP contribution in [-0.2, 0) is 9.53 Å². The molecule has 0 aliphatic heterocycles. The molecule has 0 aliphatic carbocycles.